The topological polar surface area (TPSA) is 92.4 Å². The highest BCUT2D eigenvalue weighted by molar-refractivity contribution is 7.97. The smallest absolute Gasteiger partial charge is 0.407 e. The Morgan fingerprint density at radius 1 is 1.13 bits per heavy atom. The molecule has 1 amide bonds. The SMILES string of the molecule is CSCn1ncc(-c2ccc3c(c2)c(C#C[Si](C(C)C)(C(C)C)C(C)C)nn3C2CCCCO2)c1OC(C)CNC(=O)OC(C)(C)C. The number of nitrogens with zero attached hydrogens (tertiary/aromatic N) is 4. The minimum absolute atomic E-state index is 0.100. The highest BCUT2D eigenvalue weighted by atomic mass is 32.2. The maximum atomic E-state index is 12.3. The first-order chi connectivity index (χ1) is 22.2. The van der Waals surface area contributed by atoms with E-state index in [1.165, 1.54) is 0 Å². The van der Waals surface area contributed by atoms with E-state index in [4.69, 9.17) is 19.3 Å². The molecule has 1 fully saturated rings. The van der Waals surface area contributed by atoms with Gasteiger partial charge >= 0.3 is 6.09 Å². The molecule has 3 heterocycles. The zero-order valence-corrected chi connectivity index (χ0v) is 32.1. The molecule has 9 nitrogen and oxygen atoms in total. The van der Waals surface area contributed by atoms with Crippen LogP contribution in [0.5, 0.6) is 5.88 Å². The van der Waals surface area contributed by atoms with E-state index in [2.05, 4.69) is 81.6 Å². The van der Waals surface area contributed by atoms with Gasteiger partial charge in [-0.3, -0.25) is 0 Å². The normalized spacial score (nSPS) is 16.4. The first-order valence-electron chi connectivity index (χ1n) is 17.0. The van der Waals surface area contributed by atoms with Gasteiger partial charge in [0.1, 0.15) is 25.5 Å². The summed E-state index contributed by atoms with van der Waals surface area (Å²) in [5.74, 6) is 4.92. The van der Waals surface area contributed by atoms with Gasteiger partial charge in [0.2, 0.25) is 5.88 Å². The molecular weight excluding hydrogens is 627 g/mol. The molecule has 258 valence electrons. The summed E-state index contributed by atoms with van der Waals surface area (Å²) >= 11 is 1.66. The molecule has 4 rings (SSSR count). The Balaban J connectivity index is 1.77. The summed E-state index contributed by atoms with van der Waals surface area (Å²) in [5.41, 5.74) is 8.55. The molecule has 0 saturated carbocycles. The van der Waals surface area contributed by atoms with Crippen molar-refractivity contribution in [2.24, 2.45) is 0 Å². The lowest BCUT2D eigenvalue weighted by atomic mass is 10.1. The number of hydrogen-bond donors (Lipinski definition) is 1. The molecule has 0 bridgehead atoms. The van der Waals surface area contributed by atoms with Crippen molar-refractivity contribution in [2.75, 3.05) is 19.4 Å². The molecule has 2 unspecified atom stereocenters. The quantitative estimate of drug-likeness (QED) is 0.160. The minimum Gasteiger partial charge on any atom is -0.472 e. The Kier molecular flexibility index (Phi) is 12.2. The monoisotopic (exact) mass is 681 g/mol. The van der Waals surface area contributed by atoms with E-state index in [1.54, 1.807) is 11.8 Å². The Bertz CT molecular complexity index is 1550. The van der Waals surface area contributed by atoms with Crippen LogP contribution in [0.4, 0.5) is 4.79 Å². The predicted molar refractivity (Wildman–Crippen MR) is 196 cm³/mol. The van der Waals surface area contributed by atoms with Gasteiger partial charge in [0.05, 0.1) is 29.7 Å². The Morgan fingerprint density at radius 2 is 1.83 bits per heavy atom. The number of alkyl carbamates (subject to hydrolysis) is 1. The zero-order valence-electron chi connectivity index (χ0n) is 30.3. The van der Waals surface area contributed by atoms with Crippen LogP contribution in [0, 0.1) is 11.5 Å². The number of ether oxygens (including phenoxy) is 3. The van der Waals surface area contributed by atoms with E-state index in [9.17, 15) is 4.79 Å². The average Bonchev–Trinajstić information content (AvgIpc) is 3.56. The second-order valence-electron chi connectivity index (χ2n) is 14.6. The summed E-state index contributed by atoms with van der Waals surface area (Å²) in [6.07, 6.45) is 6.12. The lowest BCUT2D eigenvalue weighted by Crippen LogP contribution is -2.43. The number of benzene rings is 1. The molecule has 1 aromatic carbocycles. The van der Waals surface area contributed by atoms with E-state index in [0.29, 0.717) is 34.9 Å². The van der Waals surface area contributed by atoms with Gasteiger partial charge in [-0.25, -0.2) is 14.2 Å². The number of nitrogens with one attached hydrogen (secondary N) is 1. The summed E-state index contributed by atoms with van der Waals surface area (Å²) in [4.78, 5) is 12.3. The maximum absolute atomic E-state index is 12.3. The lowest BCUT2D eigenvalue weighted by Gasteiger charge is -2.38. The van der Waals surface area contributed by atoms with Gasteiger partial charge in [0, 0.05) is 12.0 Å². The van der Waals surface area contributed by atoms with Crippen LogP contribution in [0.3, 0.4) is 0 Å². The molecule has 11 heteroatoms. The van der Waals surface area contributed by atoms with Gasteiger partial charge in [-0.1, -0.05) is 53.5 Å². The Hall–Kier alpha value is -2.94. The van der Waals surface area contributed by atoms with Crippen LogP contribution in [0.25, 0.3) is 22.0 Å². The van der Waals surface area contributed by atoms with Crippen LogP contribution in [-0.2, 0) is 15.4 Å². The highest BCUT2D eigenvalue weighted by Crippen LogP contribution is 2.41. The van der Waals surface area contributed by atoms with Crippen molar-refractivity contribution in [2.45, 2.75) is 129 Å². The van der Waals surface area contributed by atoms with Crippen LogP contribution in [-0.4, -0.2) is 64.8 Å². The number of carbonyl (C=O) groups excluding carboxylic acids is 1. The van der Waals surface area contributed by atoms with E-state index < -0.39 is 19.8 Å². The van der Waals surface area contributed by atoms with Gasteiger partial charge in [-0.2, -0.15) is 10.2 Å². The van der Waals surface area contributed by atoms with Gasteiger partial charge < -0.3 is 19.5 Å². The van der Waals surface area contributed by atoms with Gasteiger partial charge in [0.25, 0.3) is 0 Å². The first kappa shape index (κ1) is 36.9. The van der Waals surface area contributed by atoms with Crippen molar-refractivity contribution in [3.63, 3.8) is 0 Å². The molecule has 2 aromatic heterocycles. The van der Waals surface area contributed by atoms with Crippen molar-refractivity contribution in [1.82, 2.24) is 24.9 Å². The second kappa shape index (κ2) is 15.5. The molecule has 2 atom stereocenters. The van der Waals surface area contributed by atoms with Gasteiger partial charge in [0.15, 0.2) is 6.23 Å². The number of fused-ring (bicyclic) bond motifs is 1. The van der Waals surface area contributed by atoms with Crippen molar-refractivity contribution in [3.8, 4) is 28.5 Å². The van der Waals surface area contributed by atoms with Crippen molar-refractivity contribution in [3.05, 3.63) is 30.1 Å². The predicted octanol–water partition coefficient (Wildman–Crippen LogP) is 8.78. The molecule has 1 aliphatic heterocycles. The summed E-state index contributed by atoms with van der Waals surface area (Å²) < 4.78 is 22.0. The highest BCUT2D eigenvalue weighted by Gasteiger charge is 2.42. The maximum Gasteiger partial charge on any atom is 0.407 e. The lowest BCUT2D eigenvalue weighted by molar-refractivity contribution is -0.0367. The number of thioether (sulfide) groups is 1. The van der Waals surface area contributed by atoms with Gasteiger partial charge in [-0.05, 0) is 87.5 Å². The molecule has 47 heavy (non-hydrogen) atoms. The first-order valence-corrected chi connectivity index (χ1v) is 20.7. The van der Waals surface area contributed by atoms with E-state index >= 15 is 0 Å². The van der Waals surface area contributed by atoms with E-state index in [-0.39, 0.29) is 12.3 Å². The third-order valence-corrected chi connectivity index (χ3v) is 15.8. The zero-order chi connectivity index (χ0) is 34.5. The average molecular weight is 682 g/mol. The minimum atomic E-state index is -1.98. The van der Waals surface area contributed by atoms with E-state index in [1.807, 2.05) is 49.5 Å². The summed E-state index contributed by atoms with van der Waals surface area (Å²) in [6, 6.07) is 6.40. The fraction of sp³-hybridized carbons (Fsp3) is 0.639. The number of aromatic nitrogens is 4. The van der Waals surface area contributed by atoms with Crippen LogP contribution >= 0.6 is 11.8 Å². The number of rotatable bonds is 11. The van der Waals surface area contributed by atoms with Crippen molar-refractivity contribution < 1.29 is 19.0 Å². The number of amides is 1. The molecular formula is C36H55N5O4SSi. The van der Waals surface area contributed by atoms with Crippen LogP contribution in [0.1, 0.15) is 100 Å². The van der Waals surface area contributed by atoms with Crippen molar-refractivity contribution in [1.29, 1.82) is 0 Å². The van der Waals surface area contributed by atoms with Crippen LogP contribution < -0.4 is 10.1 Å². The summed E-state index contributed by atoms with van der Waals surface area (Å²) in [7, 11) is -1.98. The summed E-state index contributed by atoms with van der Waals surface area (Å²) in [6.45, 7) is 22.5. The molecule has 0 spiro atoms. The molecule has 0 radical (unpaired) electrons. The molecule has 3 aromatic rings. The number of carbonyl (C=O) groups is 1. The fourth-order valence-corrected chi connectivity index (χ4v) is 12.5. The third-order valence-electron chi connectivity index (χ3n) is 9.00. The molecule has 1 saturated heterocycles. The van der Waals surface area contributed by atoms with Crippen LogP contribution in [0.2, 0.25) is 16.6 Å². The summed E-state index contributed by atoms with van der Waals surface area (Å²) in [5, 5.41) is 13.6. The van der Waals surface area contributed by atoms with Crippen molar-refractivity contribution >= 4 is 36.8 Å². The molecule has 1 N–H and O–H groups in total. The fourth-order valence-electron chi connectivity index (χ4n) is 6.82. The molecule has 0 aliphatic carbocycles. The Labute approximate surface area is 286 Å². The number of hydrogen-bond acceptors (Lipinski definition) is 7. The third kappa shape index (κ3) is 8.56. The largest absolute Gasteiger partial charge is 0.472 e. The Morgan fingerprint density at radius 3 is 2.43 bits per heavy atom. The second-order valence-corrected chi connectivity index (χ2v) is 21.0. The van der Waals surface area contributed by atoms with Gasteiger partial charge in [-0.15, -0.1) is 17.3 Å². The standard InChI is InChI=1S/C36H55N5O4SSi/c1-24(2)47(25(3)4,26(5)6)19-17-31-29-20-28(15-16-32(29)41(39-31)33-14-12-13-18-43-33)30-22-38-40(23-46-11)34(30)44-27(7)21-37-35(42)45-36(8,9)10/h15-16,20,22,24-27,33H,12-14,18,21,23H2,1-11H3,(H,37,42). The van der Waals surface area contributed by atoms with E-state index in [0.717, 1.165) is 53.6 Å². The van der Waals surface area contributed by atoms with Crippen LogP contribution in [0.15, 0.2) is 24.4 Å². The molecule has 1 aliphatic rings.